The Hall–Kier alpha value is -2.66. The fourth-order valence-electron chi connectivity index (χ4n) is 4.27. The van der Waals surface area contributed by atoms with Gasteiger partial charge in [-0.3, -0.25) is 9.59 Å². The maximum atomic E-state index is 12.4. The summed E-state index contributed by atoms with van der Waals surface area (Å²) >= 11 is 0. The molecule has 1 N–H and O–H groups in total. The van der Waals surface area contributed by atoms with Crippen molar-refractivity contribution in [3.05, 3.63) is 60.2 Å². The molecule has 2 heterocycles. The molecule has 2 aliphatic rings. The van der Waals surface area contributed by atoms with Crippen molar-refractivity contribution in [3.8, 4) is 11.1 Å². The second-order valence-electron chi connectivity index (χ2n) is 7.03. The smallest absolute Gasteiger partial charge is 0.242 e. The predicted molar refractivity (Wildman–Crippen MR) is 98.4 cm³/mol. The van der Waals surface area contributed by atoms with E-state index in [-0.39, 0.29) is 43.0 Å². The first-order chi connectivity index (χ1) is 12.6. The Morgan fingerprint density at radius 1 is 1.08 bits per heavy atom. The molecule has 5 nitrogen and oxygen atoms in total. The molecule has 2 aromatic rings. The van der Waals surface area contributed by atoms with Crippen LogP contribution in [-0.2, 0) is 9.59 Å². The lowest BCUT2D eigenvalue weighted by Crippen LogP contribution is -2.73. The third-order valence-electron chi connectivity index (χ3n) is 5.60. The number of hydrogen-bond acceptors (Lipinski definition) is 3. The summed E-state index contributed by atoms with van der Waals surface area (Å²) in [5, 5.41) is 9.81. The summed E-state index contributed by atoms with van der Waals surface area (Å²) in [6.07, 6.45) is 0. The van der Waals surface area contributed by atoms with Crippen molar-refractivity contribution >= 4 is 11.8 Å². The van der Waals surface area contributed by atoms with Crippen LogP contribution in [0.15, 0.2) is 54.6 Å². The van der Waals surface area contributed by atoms with Crippen LogP contribution in [0.25, 0.3) is 11.1 Å². The van der Waals surface area contributed by atoms with Gasteiger partial charge in [-0.05, 0) is 16.7 Å². The van der Waals surface area contributed by atoms with E-state index in [4.69, 9.17) is 0 Å². The van der Waals surface area contributed by atoms with E-state index < -0.39 is 0 Å². The third-order valence-corrected chi connectivity index (χ3v) is 5.60. The molecule has 0 unspecified atom stereocenters. The second-order valence-corrected chi connectivity index (χ2v) is 7.03. The van der Waals surface area contributed by atoms with Gasteiger partial charge in [-0.25, -0.2) is 0 Å². The van der Waals surface area contributed by atoms with Crippen LogP contribution in [0, 0.1) is 0 Å². The van der Waals surface area contributed by atoms with Crippen molar-refractivity contribution in [2.45, 2.75) is 24.9 Å². The zero-order chi connectivity index (χ0) is 18.3. The summed E-state index contributed by atoms with van der Waals surface area (Å²) in [5.41, 5.74) is 3.39. The van der Waals surface area contributed by atoms with Gasteiger partial charge in [-0.2, -0.15) is 0 Å². The minimum atomic E-state index is -0.204. The Balaban J connectivity index is 1.60. The molecule has 2 fully saturated rings. The average molecular weight is 350 g/mol. The molecule has 2 aliphatic heterocycles. The molecule has 4 rings (SSSR count). The minimum absolute atomic E-state index is 0.0518. The number of aliphatic hydroxyl groups is 1. The molecule has 3 atom stereocenters. The predicted octanol–water partition coefficient (Wildman–Crippen LogP) is 1.87. The van der Waals surface area contributed by atoms with Crippen molar-refractivity contribution in [1.29, 1.82) is 0 Å². The first-order valence-corrected chi connectivity index (χ1v) is 8.93. The standard InChI is InChI=1S/C21H22N2O3/c1-14(25)22-11-18-21(19(13-24)23(18)20(26)12-22)17-9-7-16(8-10-17)15-5-3-2-4-6-15/h2-10,18-19,21,24H,11-13H2,1H3/t18-,19+,21-/m0/s1. The fraction of sp³-hybridized carbons (Fsp3) is 0.333. The number of hydrogen-bond donors (Lipinski definition) is 1. The molecule has 0 bridgehead atoms. The SMILES string of the molecule is CC(=O)N1CC(=O)N2[C@H](CO)[C@@H](c3ccc(-c4ccccc4)cc3)[C@@H]2C1. The number of amides is 2. The molecular formula is C21H22N2O3. The van der Waals surface area contributed by atoms with Crippen LogP contribution in [0.5, 0.6) is 0 Å². The van der Waals surface area contributed by atoms with Crippen molar-refractivity contribution in [2.75, 3.05) is 19.7 Å². The lowest BCUT2D eigenvalue weighted by Gasteiger charge is -2.58. The summed E-state index contributed by atoms with van der Waals surface area (Å²) in [6.45, 7) is 2.08. The number of aliphatic hydroxyl groups excluding tert-OH is 1. The van der Waals surface area contributed by atoms with E-state index in [1.165, 1.54) is 6.92 Å². The van der Waals surface area contributed by atoms with Crippen molar-refractivity contribution in [1.82, 2.24) is 9.80 Å². The lowest BCUT2D eigenvalue weighted by atomic mass is 9.73. The number of nitrogens with zero attached hydrogens (tertiary/aromatic N) is 2. The van der Waals surface area contributed by atoms with Crippen molar-refractivity contribution < 1.29 is 14.7 Å². The highest BCUT2D eigenvalue weighted by molar-refractivity contribution is 5.87. The Morgan fingerprint density at radius 3 is 2.35 bits per heavy atom. The van der Waals surface area contributed by atoms with Gasteiger partial charge in [0.15, 0.2) is 0 Å². The van der Waals surface area contributed by atoms with Crippen LogP contribution in [0.3, 0.4) is 0 Å². The van der Waals surface area contributed by atoms with Gasteiger partial charge in [0.05, 0.1) is 25.2 Å². The summed E-state index contributed by atoms with van der Waals surface area (Å²) in [6, 6.07) is 18.2. The van der Waals surface area contributed by atoms with E-state index in [1.54, 1.807) is 9.80 Å². The molecule has 0 radical (unpaired) electrons. The lowest BCUT2D eigenvalue weighted by molar-refractivity contribution is -0.166. The zero-order valence-corrected chi connectivity index (χ0v) is 14.7. The van der Waals surface area contributed by atoms with E-state index >= 15 is 0 Å². The van der Waals surface area contributed by atoms with Crippen molar-refractivity contribution in [3.63, 3.8) is 0 Å². The van der Waals surface area contributed by atoms with E-state index in [0.29, 0.717) is 6.54 Å². The molecule has 134 valence electrons. The monoisotopic (exact) mass is 350 g/mol. The Bertz CT molecular complexity index is 819. The second kappa shape index (κ2) is 6.57. The Labute approximate surface area is 152 Å². The summed E-state index contributed by atoms with van der Waals surface area (Å²) < 4.78 is 0. The molecule has 0 aromatic heterocycles. The largest absolute Gasteiger partial charge is 0.394 e. The van der Waals surface area contributed by atoms with Gasteiger partial charge in [0, 0.05) is 19.4 Å². The summed E-state index contributed by atoms with van der Waals surface area (Å²) in [4.78, 5) is 27.5. The van der Waals surface area contributed by atoms with Gasteiger partial charge in [-0.1, -0.05) is 54.6 Å². The van der Waals surface area contributed by atoms with Crippen LogP contribution in [0.2, 0.25) is 0 Å². The van der Waals surface area contributed by atoms with Crippen molar-refractivity contribution in [2.24, 2.45) is 0 Å². The van der Waals surface area contributed by atoms with Crippen LogP contribution in [-0.4, -0.2) is 58.5 Å². The topological polar surface area (TPSA) is 60.9 Å². The molecule has 0 saturated carbocycles. The maximum Gasteiger partial charge on any atom is 0.242 e. The van der Waals surface area contributed by atoms with Gasteiger partial charge in [0.25, 0.3) is 0 Å². The molecule has 0 aliphatic carbocycles. The van der Waals surface area contributed by atoms with E-state index in [0.717, 1.165) is 16.7 Å². The Morgan fingerprint density at radius 2 is 1.73 bits per heavy atom. The average Bonchev–Trinajstić information content (AvgIpc) is 2.64. The summed E-state index contributed by atoms with van der Waals surface area (Å²) in [5.74, 6) is -0.104. The highest BCUT2D eigenvalue weighted by atomic mass is 16.3. The summed E-state index contributed by atoms with van der Waals surface area (Å²) in [7, 11) is 0. The fourth-order valence-corrected chi connectivity index (χ4v) is 4.27. The van der Waals surface area contributed by atoms with Gasteiger partial charge in [0.2, 0.25) is 11.8 Å². The highest BCUT2D eigenvalue weighted by Gasteiger charge is 2.54. The number of carbonyl (C=O) groups excluding carboxylic acids is 2. The highest BCUT2D eigenvalue weighted by Crippen LogP contribution is 2.43. The van der Waals surface area contributed by atoms with Gasteiger partial charge >= 0.3 is 0 Å². The normalized spacial score (nSPS) is 24.8. The maximum absolute atomic E-state index is 12.4. The van der Waals surface area contributed by atoms with Crippen LogP contribution >= 0.6 is 0 Å². The van der Waals surface area contributed by atoms with Crippen LogP contribution in [0.1, 0.15) is 18.4 Å². The van der Waals surface area contributed by atoms with Gasteiger partial charge in [0.1, 0.15) is 0 Å². The van der Waals surface area contributed by atoms with E-state index in [9.17, 15) is 14.7 Å². The molecule has 2 aromatic carbocycles. The first-order valence-electron chi connectivity index (χ1n) is 8.93. The van der Waals surface area contributed by atoms with Gasteiger partial charge < -0.3 is 14.9 Å². The number of carbonyl (C=O) groups is 2. The number of rotatable bonds is 3. The van der Waals surface area contributed by atoms with Gasteiger partial charge in [-0.15, -0.1) is 0 Å². The molecule has 2 saturated heterocycles. The minimum Gasteiger partial charge on any atom is -0.394 e. The van der Waals surface area contributed by atoms with E-state index in [1.807, 2.05) is 18.2 Å². The number of benzene rings is 2. The first kappa shape index (κ1) is 16.8. The van der Waals surface area contributed by atoms with E-state index in [2.05, 4.69) is 36.4 Å². The molecule has 26 heavy (non-hydrogen) atoms. The zero-order valence-electron chi connectivity index (χ0n) is 14.7. The molecule has 5 heteroatoms. The number of fused-ring (bicyclic) bond motifs is 1. The molecular weight excluding hydrogens is 328 g/mol. The molecule has 0 spiro atoms. The van der Waals surface area contributed by atoms with Crippen LogP contribution < -0.4 is 0 Å². The Kier molecular flexibility index (Phi) is 4.24. The number of piperazine rings is 1. The third kappa shape index (κ3) is 2.69. The quantitative estimate of drug-likeness (QED) is 0.919. The van der Waals surface area contributed by atoms with Crippen LogP contribution in [0.4, 0.5) is 0 Å². The molecule has 2 amide bonds.